The van der Waals surface area contributed by atoms with E-state index < -0.39 is 0 Å². The van der Waals surface area contributed by atoms with Crippen molar-refractivity contribution >= 4 is 16.9 Å². The Bertz CT molecular complexity index is 794. The molecule has 2 aromatic heterocycles. The van der Waals surface area contributed by atoms with E-state index in [1.54, 1.807) is 18.0 Å². The molecule has 0 aliphatic rings. The fourth-order valence-corrected chi connectivity index (χ4v) is 2.46. The van der Waals surface area contributed by atoms with Gasteiger partial charge >= 0.3 is 0 Å². The number of carbonyl (C=O) groups excluding carboxylic acids is 1. The van der Waals surface area contributed by atoms with Gasteiger partial charge in [0, 0.05) is 19.4 Å². The smallest absolute Gasteiger partial charge is 0.245 e. The number of aromatic amines is 1. The maximum atomic E-state index is 13.2. The lowest BCUT2D eigenvalue weighted by Gasteiger charge is -2.21. The molecular weight excluding hydrogens is 283 g/mol. The highest BCUT2D eigenvalue weighted by Gasteiger charge is 2.19. The van der Waals surface area contributed by atoms with Gasteiger partial charge in [-0.3, -0.25) is 4.79 Å². The highest BCUT2D eigenvalue weighted by Crippen LogP contribution is 2.15. The molecule has 6 heteroatoms. The van der Waals surface area contributed by atoms with Gasteiger partial charge in [-0.1, -0.05) is 0 Å². The van der Waals surface area contributed by atoms with Crippen LogP contribution in [0.15, 0.2) is 42.7 Å². The lowest BCUT2D eigenvalue weighted by Crippen LogP contribution is -2.32. The molecule has 0 spiro atoms. The van der Waals surface area contributed by atoms with Crippen molar-refractivity contribution in [3.8, 4) is 0 Å². The maximum Gasteiger partial charge on any atom is 0.245 e. The zero-order chi connectivity index (χ0) is 15.7. The Morgan fingerprint density at radius 3 is 2.86 bits per heavy atom. The molecule has 0 aliphatic carbocycles. The van der Waals surface area contributed by atoms with Crippen LogP contribution in [-0.2, 0) is 11.3 Å². The van der Waals surface area contributed by atoms with Crippen LogP contribution in [0.2, 0.25) is 0 Å². The van der Waals surface area contributed by atoms with Crippen molar-refractivity contribution in [2.75, 3.05) is 7.05 Å². The molecular formula is C16H17FN4O. The van der Waals surface area contributed by atoms with Crippen LogP contribution in [0.3, 0.4) is 0 Å². The van der Waals surface area contributed by atoms with E-state index in [1.165, 1.54) is 12.1 Å². The summed E-state index contributed by atoms with van der Waals surface area (Å²) >= 11 is 0. The summed E-state index contributed by atoms with van der Waals surface area (Å²) in [6.45, 7) is 2.20. The summed E-state index contributed by atoms with van der Waals surface area (Å²) in [5.74, 6) is 0.312. The topological polar surface area (TPSA) is 53.9 Å². The zero-order valence-corrected chi connectivity index (χ0v) is 12.5. The fourth-order valence-electron chi connectivity index (χ4n) is 2.46. The van der Waals surface area contributed by atoms with E-state index in [1.807, 2.05) is 36.0 Å². The number of likely N-dealkylation sites (N-methyl/N-ethyl adjacent to an activating group) is 1. The minimum Gasteiger partial charge on any atom is -0.342 e. The van der Waals surface area contributed by atoms with Gasteiger partial charge in [0.25, 0.3) is 0 Å². The predicted octanol–water partition coefficient (Wildman–Crippen LogP) is 2.72. The van der Waals surface area contributed by atoms with Crippen LogP contribution in [-0.4, -0.2) is 32.4 Å². The number of nitrogens with one attached hydrogen (secondary N) is 1. The number of amides is 1. The Labute approximate surface area is 127 Å². The van der Waals surface area contributed by atoms with Crippen LogP contribution >= 0.6 is 0 Å². The average Bonchev–Trinajstić information content (AvgIpc) is 3.13. The van der Waals surface area contributed by atoms with Crippen molar-refractivity contribution in [2.45, 2.75) is 19.5 Å². The van der Waals surface area contributed by atoms with Crippen molar-refractivity contribution < 1.29 is 9.18 Å². The summed E-state index contributed by atoms with van der Waals surface area (Å²) in [6.07, 6.45) is 3.72. The normalized spacial score (nSPS) is 12.5. The monoisotopic (exact) mass is 300 g/mol. The van der Waals surface area contributed by atoms with Gasteiger partial charge in [0.15, 0.2) is 0 Å². The van der Waals surface area contributed by atoms with E-state index in [4.69, 9.17) is 0 Å². The van der Waals surface area contributed by atoms with E-state index in [9.17, 15) is 9.18 Å². The third-order valence-electron chi connectivity index (χ3n) is 3.69. The first-order chi connectivity index (χ1) is 10.5. The van der Waals surface area contributed by atoms with Crippen LogP contribution in [0.25, 0.3) is 11.0 Å². The molecule has 1 atom stereocenters. The molecule has 1 N–H and O–H groups in total. The lowest BCUT2D eigenvalue weighted by atomic mass is 10.3. The molecule has 0 bridgehead atoms. The number of H-pyrrole nitrogens is 1. The summed E-state index contributed by atoms with van der Waals surface area (Å²) in [4.78, 5) is 21.4. The van der Waals surface area contributed by atoms with Gasteiger partial charge in [0.1, 0.15) is 17.7 Å². The lowest BCUT2D eigenvalue weighted by molar-refractivity contribution is -0.133. The average molecular weight is 300 g/mol. The number of hydrogen-bond donors (Lipinski definition) is 1. The number of hydrogen-bond acceptors (Lipinski definition) is 2. The summed E-state index contributed by atoms with van der Waals surface area (Å²) in [5, 5.41) is 0. The van der Waals surface area contributed by atoms with Gasteiger partial charge in [-0.05, 0) is 37.3 Å². The zero-order valence-electron chi connectivity index (χ0n) is 12.5. The standard InChI is InChI=1S/C16H17FN4O/c1-11(21-7-3-4-8-21)16(22)20(2)10-15-18-13-6-5-12(17)9-14(13)19-15/h3-9,11H,10H2,1-2H3,(H,18,19). The van der Waals surface area contributed by atoms with Gasteiger partial charge in [0.2, 0.25) is 5.91 Å². The van der Waals surface area contributed by atoms with E-state index in [-0.39, 0.29) is 17.8 Å². The molecule has 0 radical (unpaired) electrons. The number of fused-ring (bicyclic) bond motifs is 1. The van der Waals surface area contributed by atoms with E-state index >= 15 is 0 Å². The molecule has 1 aromatic carbocycles. The van der Waals surface area contributed by atoms with Crippen molar-refractivity contribution in [3.05, 3.63) is 54.4 Å². The maximum absolute atomic E-state index is 13.2. The molecule has 0 saturated heterocycles. The number of nitrogens with zero attached hydrogens (tertiary/aromatic N) is 3. The molecule has 0 fully saturated rings. The molecule has 5 nitrogen and oxygen atoms in total. The summed E-state index contributed by atoms with van der Waals surface area (Å²) in [7, 11) is 1.73. The third kappa shape index (κ3) is 2.72. The third-order valence-corrected chi connectivity index (χ3v) is 3.69. The van der Waals surface area contributed by atoms with Crippen molar-refractivity contribution in [1.82, 2.24) is 19.4 Å². The van der Waals surface area contributed by atoms with Crippen molar-refractivity contribution in [1.29, 1.82) is 0 Å². The first kappa shape index (κ1) is 14.3. The molecule has 1 amide bonds. The van der Waals surface area contributed by atoms with Crippen LogP contribution in [0, 0.1) is 5.82 Å². The molecule has 1 unspecified atom stereocenters. The second kappa shape index (κ2) is 5.63. The molecule has 3 aromatic rings. The van der Waals surface area contributed by atoms with Gasteiger partial charge in [0.05, 0.1) is 17.6 Å². The Morgan fingerprint density at radius 1 is 1.41 bits per heavy atom. The summed E-state index contributed by atoms with van der Waals surface area (Å²) < 4.78 is 15.0. The van der Waals surface area contributed by atoms with E-state index in [0.29, 0.717) is 23.4 Å². The summed E-state index contributed by atoms with van der Waals surface area (Å²) in [5.41, 5.74) is 1.32. The fraction of sp³-hybridized carbons (Fsp3) is 0.250. The molecule has 0 aliphatic heterocycles. The van der Waals surface area contributed by atoms with Crippen LogP contribution in [0.5, 0.6) is 0 Å². The Kier molecular flexibility index (Phi) is 3.66. The van der Waals surface area contributed by atoms with Gasteiger partial charge in [-0.2, -0.15) is 0 Å². The molecule has 114 valence electrons. The second-order valence-corrected chi connectivity index (χ2v) is 5.35. The minimum absolute atomic E-state index is 0.0113. The largest absolute Gasteiger partial charge is 0.342 e. The molecule has 22 heavy (non-hydrogen) atoms. The highest BCUT2D eigenvalue weighted by atomic mass is 19.1. The second-order valence-electron chi connectivity index (χ2n) is 5.35. The van der Waals surface area contributed by atoms with E-state index in [0.717, 1.165) is 0 Å². The molecule has 0 saturated carbocycles. The SMILES string of the molecule is CC(C(=O)N(C)Cc1nc2ccc(F)cc2[nH]1)n1cccc1. The van der Waals surface area contributed by atoms with Crippen LogP contribution < -0.4 is 0 Å². The number of benzene rings is 1. The number of halogens is 1. The number of rotatable bonds is 4. The van der Waals surface area contributed by atoms with Crippen LogP contribution in [0.4, 0.5) is 4.39 Å². The van der Waals surface area contributed by atoms with Crippen molar-refractivity contribution in [2.24, 2.45) is 0 Å². The highest BCUT2D eigenvalue weighted by molar-refractivity contribution is 5.80. The number of carbonyl (C=O) groups is 1. The Hall–Kier alpha value is -2.63. The Balaban J connectivity index is 1.74. The number of imidazole rings is 1. The quantitative estimate of drug-likeness (QED) is 0.805. The predicted molar refractivity (Wildman–Crippen MR) is 81.7 cm³/mol. The van der Waals surface area contributed by atoms with Gasteiger partial charge < -0.3 is 14.5 Å². The summed E-state index contributed by atoms with van der Waals surface area (Å²) in [6, 6.07) is 7.89. The van der Waals surface area contributed by atoms with E-state index in [2.05, 4.69) is 9.97 Å². The van der Waals surface area contributed by atoms with Gasteiger partial charge in [-0.25, -0.2) is 9.37 Å². The first-order valence-corrected chi connectivity index (χ1v) is 7.06. The minimum atomic E-state index is -0.312. The van der Waals surface area contributed by atoms with Crippen molar-refractivity contribution in [3.63, 3.8) is 0 Å². The Morgan fingerprint density at radius 2 is 2.14 bits per heavy atom. The first-order valence-electron chi connectivity index (χ1n) is 7.06. The van der Waals surface area contributed by atoms with Crippen LogP contribution in [0.1, 0.15) is 18.8 Å². The number of aromatic nitrogens is 3. The van der Waals surface area contributed by atoms with Gasteiger partial charge in [-0.15, -0.1) is 0 Å². The molecule has 2 heterocycles. The molecule has 3 rings (SSSR count).